The molecule has 1 atom stereocenters. The minimum absolute atomic E-state index is 0.0220. The summed E-state index contributed by atoms with van der Waals surface area (Å²) in [5.41, 5.74) is 2.95. The van der Waals surface area contributed by atoms with E-state index in [2.05, 4.69) is 14.9 Å². The van der Waals surface area contributed by atoms with E-state index < -0.39 is 30.7 Å². The van der Waals surface area contributed by atoms with Gasteiger partial charge in [-0.15, -0.1) is 0 Å². The second-order valence-corrected chi connectivity index (χ2v) is 11.3. The van der Waals surface area contributed by atoms with Crippen molar-refractivity contribution in [3.8, 4) is 16.9 Å². The summed E-state index contributed by atoms with van der Waals surface area (Å²) >= 11 is 0. The van der Waals surface area contributed by atoms with Crippen LogP contribution in [0, 0.1) is 5.82 Å². The molecule has 6 rings (SSSR count). The van der Waals surface area contributed by atoms with Crippen molar-refractivity contribution < 1.29 is 22.7 Å². The summed E-state index contributed by atoms with van der Waals surface area (Å²) in [6.45, 7) is 1.83. The molecule has 1 aromatic carbocycles. The number of hydrogen-bond donors (Lipinski definition) is 1. The molecule has 1 saturated carbocycles. The quantitative estimate of drug-likeness (QED) is 0.316. The van der Waals surface area contributed by atoms with Gasteiger partial charge in [0.2, 0.25) is 0 Å². The van der Waals surface area contributed by atoms with Crippen LogP contribution in [0.5, 0.6) is 0 Å². The third kappa shape index (κ3) is 5.56. The first-order valence-electron chi connectivity index (χ1n) is 13.8. The molecule has 2 fully saturated rings. The predicted molar refractivity (Wildman–Crippen MR) is 151 cm³/mol. The van der Waals surface area contributed by atoms with Gasteiger partial charge in [-0.2, -0.15) is 0 Å². The van der Waals surface area contributed by atoms with Gasteiger partial charge < -0.3 is 14.6 Å². The first-order chi connectivity index (χ1) is 20.0. The van der Waals surface area contributed by atoms with Crippen LogP contribution in [0.1, 0.15) is 47.4 Å². The number of benzene rings is 1. The van der Waals surface area contributed by atoms with Gasteiger partial charge in [0, 0.05) is 37.5 Å². The molecule has 1 amide bonds. The number of hydrogen-bond acceptors (Lipinski definition) is 6. The van der Waals surface area contributed by atoms with Crippen LogP contribution < -0.4 is 5.56 Å². The Morgan fingerprint density at radius 1 is 1.21 bits per heavy atom. The van der Waals surface area contributed by atoms with Crippen molar-refractivity contribution in [2.75, 3.05) is 33.8 Å². The van der Waals surface area contributed by atoms with E-state index >= 15 is 0 Å². The normalized spacial score (nSPS) is 17.1. The highest BCUT2D eigenvalue weighted by molar-refractivity contribution is 6.01. The van der Waals surface area contributed by atoms with Crippen LogP contribution in [-0.4, -0.2) is 81.0 Å². The van der Waals surface area contributed by atoms with Gasteiger partial charge in [-0.05, 0) is 68.3 Å². The van der Waals surface area contributed by atoms with E-state index in [-0.39, 0.29) is 23.1 Å². The minimum Gasteiger partial charge on any atom is -0.380 e. The summed E-state index contributed by atoms with van der Waals surface area (Å²) in [4.78, 5) is 42.3. The molecule has 0 unspecified atom stereocenters. The zero-order valence-corrected chi connectivity index (χ0v) is 23.5. The molecule has 220 valence electrons. The second-order valence-electron chi connectivity index (χ2n) is 11.3. The number of likely N-dealkylation sites (tertiary alicyclic amines) is 1. The number of alkyl halides is 2. The van der Waals surface area contributed by atoms with Crippen molar-refractivity contribution in [1.82, 2.24) is 29.3 Å². The number of halogens is 3. The molecule has 1 N–H and O–H groups in total. The molecule has 9 nitrogen and oxygen atoms in total. The maximum absolute atomic E-state index is 14.3. The number of likely N-dealkylation sites (N-methyl/N-ethyl adjacent to an activating group) is 1. The summed E-state index contributed by atoms with van der Waals surface area (Å²) in [5, 5.41) is 0. The Balaban J connectivity index is 1.38. The van der Waals surface area contributed by atoms with Crippen LogP contribution in [0.2, 0.25) is 0 Å². The molecule has 0 bridgehead atoms. The molecule has 12 heteroatoms. The Bertz CT molecular complexity index is 1720. The maximum atomic E-state index is 14.3. The van der Waals surface area contributed by atoms with Crippen LogP contribution in [-0.2, 0) is 11.3 Å². The molecule has 2 aliphatic rings. The summed E-state index contributed by atoms with van der Waals surface area (Å²) in [5.74, 6) is -3.79. The molecule has 1 aliphatic heterocycles. The number of H-pyrrole nitrogens is 1. The Kier molecular flexibility index (Phi) is 7.14. The maximum Gasteiger partial charge on any atom is 0.283 e. The lowest BCUT2D eigenvalue weighted by Crippen LogP contribution is -2.58. The summed E-state index contributed by atoms with van der Waals surface area (Å²) in [7, 11) is 3.62. The first kappa shape index (κ1) is 28.1. The van der Waals surface area contributed by atoms with Crippen molar-refractivity contribution >= 4 is 16.9 Å². The van der Waals surface area contributed by atoms with Gasteiger partial charge in [-0.25, -0.2) is 27.7 Å². The summed E-state index contributed by atoms with van der Waals surface area (Å²) in [6.07, 6.45) is 3.32. The number of methoxy groups -OCH3 is 1. The Labute approximate surface area is 239 Å². The van der Waals surface area contributed by atoms with E-state index in [0.717, 1.165) is 35.2 Å². The number of carbonyl (C=O) groups excluding carboxylic acids is 1. The van der Waals surface area contributed by atoms with Gasteiger partial charge in [0.15, 0.2) is 0 Å². The SMILES string of the molecule is CO[C@@H](C)CN(C)Cc1cc2ncn(-c3cc(-c4ccc(F)cc4C(=O)N4CC(F)(F)C4)cc(C4CC4)n3)c(=O)c2[nH]1. The molecule has 1 saturated heterocycles. The number of pyridine rings is 1. The highest BCUT2D eigenvalue weighted by atomic mass is 19.3. The van der Waals surface area contributed by atoms with Gasteiger partial charge in [-0.1, -0.05) is 6.07 Å². The predicted octanol–water partition coefficient (Wildman–Crippen LogP) is 4.35. The average molecular weight is 581 g/mol. The zero-order chi connectivity index (χ0) is 29.8. The van der Waals surface area contributed by atoms with Gasteiger partial charge in [0.1, 0.15) is 23.5 Å². The van der Waals surface area contributed by atoms with Gasteiger partial charge in [0.25, 0.3) is 17.4 Å². The number of aromatic nitrogens is 4. The summed E-state index contributed by atoms with van der Waals surface area (Å²) in [6, 6.07) is 9.03. The molecule has 0 spiro atoms. The van der Waals surface area contributed by atoms with Gasteiger partial charge >= 0.3 is 0 Å². The number of fused-ring (bicyclic) bond motifs is 1. The number of aromatic amines is 1. The Hall–Kier alpha value is -4.03. The molecule has 3 aromatic heterocycles. The fraction of sp³-hybridized carbons (Fsp3) is 0.400. The van der Waals surface area contributed by atoms with Crippen molar-refractivity contribution in [1.29, 1.82) is 0 Å². The molecular formula is C30H31F3N6O3. The highest BCUT2D eigenvalue weighted by Crippen LogP contribution is 2.41. The van der Waals surface area contributed by atoms with E-state index in [0.29, 0.717) is 41.1 Å². The smallest absolute Gasteiger partial charge is 0.283 e. The molecule has 42 heavy (non-hydrogen) atoms. The van der Waals surface area contributed by atoms with Crippen LogP contribution in [0.25, 0.3) is 28.0 Å². The van der Waals surface area contributed by atoms with Crippen LogP contribution in [0.15, 0.2) is 47.5 Å². The molecule has 1 aliphatic carbocycles. The third-order valence-electron chi connectivity index (χ3n) is 7.74. The third-order valence-corrected chi connectivity index (χ3v) is 7.74. The Morgan fingerprint density at radius 3 is 2.67 bits per heavy atom. The fourth-order valence-electron chi connectivity index (χ4n) is 5.35. The standard InChI is InChI=1S/C30H31F3N6O3/c1-17(42-3)12-37(2)13-21-11-25-27(35-21)29(41)39(16-34-25)26-9-19(8-24(36-26)18-4-5-18)22-7-6-20(31)10-23(22)28(40)38-14-30(32,33)15-38/h6-11,16-18,35H,4-5,12-15H2,1-3H3/t17-/m0/s1. The van der Waals surface area contributed by atoms with Crippen molar-refractivity contribution in [2.45, 2.75) is 44.3 Å². The molecule has 4 aromatic rings. The number of ether oxygens (including phenoxy) is 1. The first-order valence-corrected chi connectivity index (χ1v) is 13.8. The topological polar surface area (TPSA) is 96.3 Å². The van der Waals surface area contributed by atoms with Gasteiger partial charge in [-0.3, -0.25) is 14.5 Å². The minimum atomic E-state index is -2.95. The second kappa shape index (κ2) is 10.7. The van der Waals surface area contributed by atoms with E-state index in [1.165, 1.54) is 23.0 Å². The average Bonchev–Trinajstić information content (AvgIpc) is 3.71. The number of amides is 1. The lowest BCUT2D eigenvalue weighted by Gasteiger charge is -2.39. The lowest BCUT2D eigenvalue weighted by atomic mass is 9.96. The zero-order valence-electron chi connectivity index (χ0n) is 23.5. The van der Waals surface area contributed by atoms with Crippen molar-refractivity contribution in [3.63, 3.8) is 0 Å². The van der Waals surface area contributed by atoms with Crippen LogP contribution >= 0.6 is 0 Å². The van der Waals surface area contributed by atoms with Crippen molar-refractivity contribution in [2.24, 2.45) is 0 Å². The molecule has 4 heterocycles. The monoisotopic (exact) mass is 580 g/mol. The number of rotatable bonds is 9. The lowest BCUT2D eigenvalue weighted by molar-refractivity contribution is -0.113. The largest absolute Gasteiger partial charge is 0.380 e. The van der Waals surface area contributed by atoms with E-state index in [1.54, 1.807) is 13.2 Å². The Morgan fingerprint density at radius 2 is 1.98 bits per heavy atom. The summed E-state index contributed by atoms with van der Waals surface area (Å²) < 4.78 is 48.0. The van der Waals surface area contributed by atoms with E-state index in [1.807, 2.05) is 26.1 Å². The van der Waals surface area contributed by atoms with Crippen molar-refractivity contribution in [3.05, 3.63) is 75.8 Å². The highest BCUT2D eigenvalue weighted by Gasteiger charge is 2.46. The number of nitrogens with zero attached hydrogens (tertiary/aromatic N) is 5. The number of nitrogens with one attached hydrogen (secondary N) is 1. The number of carbonyl (C=O) groups is 1. The molecule has 0 radical (unpaired) electrons. The van der Waals surface area contributed by atoms with Crippen LogP contribution in [0.4, 0.5) is 13.2 Å². The van der Waals surface area contributed by atoms with Crippen LogP contribution in [0.3, 0.4) is 0 Å². The fourth-order valence-corrected chi connectivity index (χ4v) is 5.35. The molecular weight excluding hydrogens is 549 g/mol. The van der Waals surface area contributed by atoms with Gasteiger partial charge in [0.05, 0.1) is 30.3 Å². The van der Waals surface area contributed by atoms with E-state index in [4.69, 9.17) is 9.72 Å². The van der Waals surface area contributed by atoms with E-state index in [9.17, 15) is 22.8 Å².